The predicted molar refractivity (Wildman–Crippen MR) is 154 cm³/mol. The van der Waals surface area contributed by atoms with Gasteiger partial charge in [-0.25, -0.2) is 14.8 Å². The molecule has 1 fully saturated rings. The van der Waals surface area contributed by atoms with E-state index in [0.29, 0.717) is 25.0 Å². The van der Waals surface area contributed by atoms with Gasteiger partial charge >= 0.3 is 6.09 Å². The molecule has 0 spiro atoms. The van der Waals surface area contributed by atoms with Gasteiger partial charge in [0.25, 0.3) is 0 Å². The zero-order valence-electron chi connectivity index (χ0n) is 23.9. The second kappa shape index (κ2) is 10.6. The number of carboxylic acid groups (broad SMARTS) is 1. The van der Waals surface area contributed by atoms with E-state index < -0.39 is 14.2 Å². The lowest BCUT2D eigenvalue weighted by atomic mass is 9.79. The van der Waals surface area contributed by atoms with E-state index in [9.17, 15) is 9.90 Å². The van der Waals surface area contributed by atoms with Crippen LogP contribution in [0.2, 0.25) is 30.8 Å². The molecule has 0 aliphatic carbocycles. The normalized spacial score (nSPS) is 18.9. The molecule has 4 rings (SSSR count). The zero-order valence-corrected chi connectivity index (χ0v) is 25.6. The minimum absolute atomic E-state index is 0.0913. The molecule has 0 radical (unpaired) electrons. The fourth-order valence-electron chi connectivity index (χ4n) is 5.51. The number of fused-ring (bicyclic) bond motifs is 1. The molecular weight excluding hydrogens is 520 g/mol. The van der Waals surface area contributed by atoms with Crippen molar-refractivity contribution >= 4 is 36.8 Å². The van der Waals surface area contributed by atoms with Crippen LogP contribution in [0.3, 0.4) is 0 Å². The minimum Gasteiger partial charge on any atom is -0.465 e. The number of nitrogens with zero attached hydrogens (tertiary/aromatic N) is 6. The third-order valence-corrected chi connectivity index (χ3v) is 9.61. The first kappa shape index (κ1) is 28.6. The summed E-state index contributed by atoms with van der Waals surface area (Å²) in [5.41, 5.74) is 4.49. The van der Waals surface area contributed by atoms with Crippen molar-refractivity contribution in [3.05, 3.63) is 28.9 Å². The van der Waals surface area contributed by atoms with Gasteiger partial charge in [0.1, 0.15) is 23.9 Å². The molecule has 1 N–H and O–H groups in total. The van der Waals surface area contributed by atoms with E-state index in [1.807, 2.05) is 13.0 Å². The number of hydrogen-bond acceptors (Lipinski definition) is 5. The van der Waals surface area contributed by atoms with Crippen LogP contribution in [-0.4, -0.2) is 67.7 Å². The van der Waals surface area contributed by atoms with E-state index in [-0.39, 0.29) is 17.5 Å². The van der Waals surface area contributed by atoms with Crippen molar-refractivity contribution in [3.8, 4) is 11.3 Å². The van der Waals surface area contributed by atoms with Crippen molar-refractivity contribution in [3.63, 3.8) is 0 Å². The monoisotopic (exact) mass is 560 g/mol. The Bertz CT molecular complexity index is 1320. The van der Waals surface area contributed by atoms with Gasteiger partial charge in [-0.1, -0.05) is 52.0 Å². The first-order valence-corrected chi connectivity index (χ1v) is 17.4. The van der Waals surface area contributed by atoms with Gasteiger partial charge in [0.2, 0.25) is 0 Å². The number of hydrogen-bond donors (Lipinski definition) is 1. The van der Waals surface area contributed by atoms with Crippen LogP contribution in [0, 0.1) is 19.3 Å². The molecule has 2 unspecified atom stereocenters. The predicted octanol–water partition coefficient (Wildman–Crippen LogP) is 6.61. The van der Waals surface area contributed by atoms with Crippen molar-refractivity contribution in [2.24, 2.45) is 5.41 Å². The molecule has 1 aliphatic rings. The molecule has 11 heteroatoms. The second-order valence-electron chi connectivity index (χ2n) is 12.7. The third kappa shape index (κ3) is 5.77. The van der Waals surface area contributed by atoms with Crippen molar-refractivity contribution in [2.75, 3.05) is 13.2 Å². The molecule has 3 aromatic heterocycles. The van der Waals surface area contributed by atoms with Gasteiger partial charge in [-0.15, -0.1) is 0 Å². The van der Waals surface area contributed by atoms with Gasteiger partial charge < -0.3 is 19.3 Å². The molecule has 208 valence electrons. The lowest BCUT2D eigenvalue weighted by Gasteiger charge is -2.44. The van der Waals surface area contributed by atoms with Crippen LogP contribution < -0.4 is 0 Å². The molecule has 0 bridgehead atoms. The van der Waals surface area contributed by atoms with Crippen molar-refractivity contribution in [2.45, 2.75) is 92.0 Å². The number of piperidine rings is 1. The Labute approximate surface area is 231 Å². The molecule has 1 saturated heterocycles. The maximum Gasteiger partial charge on any atom is 0.407 e. The molecule has 1 amide bonds. The lowest BCUT2D eigenvalue weighted by Crippen LogP contribution is -2.52. The topological polar surface area (TPSA) is 98.3 Å². The molecule has 38 heavy (non-hydrogen) atoms. The molecule has 2 atom stereocenters. The van der Waals surface area contributed by atoms with Gasteiger partial charge in [-0.3, -0.25) is 4.68 Å². The Hall–Kier alpha value is -2.43. The van der Waals surface area contributed by atoms with Crippen LogP contribution in [0.5, 0.6) is 0 Å². The van der Waals surface area contributed by atoms with E-state index in [0.717, 1.165) is 52.6 Å². The second-order valence-corrected chi connectivity index (χ2v) is 18.7. The highest BCUT2D eigenvalue weighted by Crippen LogP contribution is 2.40. The molecule has 1 aliphatic heterocycles. The van der Waals surface area contributed by atoms with Crippen molar-refractivity contribution in [1.29, 1.82) is 0 Å². The summed E-state index contributed by atoms with van der Waals surface area (Å²) in [6.07, 6.45) is 2.07. The third-order valence-electron chi connectivity index (χ3n) is 7.61. The van der Waals surface area contributed by atoms with Crippen LogP contribution in [0.1, 0.15) is 51.0 Å². The van der Waals surface area contributed by atoms with E-state index in [1.165, 1.54) is 6.33 Å². The summed E-state index contributed by atoms with van der Waals surface area (Å²) in [6.45, 7) is 19.0. The van der Waals surface area contributed by atoms with Crippen molar-refractivity contribution < 1.29 is 14.6 Å². The fourth-order valence-corrected chi connectivity index (χ4v) is 6.45. The van der Waals surface area contributed by atoms with E-state index in [2.05, 4.69) is 66.6 Å². The maximum absolute atomic E-state index is 11.9. The number of halogens is 1. The molecule has 0 saturated carbocycles. The molecule has 9 nitrogen and oxygen atoms in total. The summed E-state index contributed by atoms with van der Waals surface area (Å²) in [6, 6.07) is 3.13. The Morgan fingerprint density at radius 3 is 2.58 bits per heavy atom. The number of ether oxygens (including phenoxy) is 1. The zero-order chi connectivity index (χ0) is 28.0. The number of likely N-dealkylation sites (tertiary alicyclic amines) is 1. The average molecular weight is 561 g/mol. The van der Waals surface area contributed by atoms with Crippen LogP contribution in [0.15, 0.2) is 12.4 Å². The number of aromatic nitrogens is 5. The van der Waals surface area contributed by atoms with Crippen LogP contribution >= 0.6 is 11.6 Å². The standard InChI is InChI=1S/C27H41ClN6O3Si/c1-17-23(18(2)34(31-17)19-9-10-32(26(35)36)22(13-19)27(3,4)5)21-14-20-24(28)29-15-30-25(20)33(21)16-37-11-12-38(6,7)8/h14-15,19,22H,9-13,16H2,1-8H3,(H,35,36). The largest absolute Gasteiger partial charge is 0.465 e. The van der Waals surface area contributed by atoms with Crippen molar-refractivity contribution in [1.82, 2.24) is 29.2 Å². The highest BCUT2D eigenvalue weighted by molar-refractivity contribution is 6.76. The highest BCUT2D eigenvalue weighted by atomic mass is 35.5. The quantitative estimate of drug-likeness (QED) is 0.198. The van der Waals surface area contributed by atoms with E-state index in [4.69, 9.17) is 21.4 Å². The maximum atomic E-state index is 11.9. The van der Waals surface area contributed by atoms with Gasteiger partial charge in [0.15, 0.2) is 0 Å². The Morgan fingerprint density at radius 2 is 1.95 bits per heavy atom. The van der Waals surface area contributed by atoms with Crippen LogP contribution in [0.4, 0.5) is 4.79 Å². The Kier molecular flexibility index (Phi) is 7.98. The Balaban J connectivity index is 1.72. The van der Waals surface area contributed by atoms with E-state index in [1.54, 1.807) is 4.90 Å². The van der Waals surface area contributed by atoms with Crippen LogP contribution in [0.25, 0.3) is 22.3 Å². The molecule has 0 aromatic carbocycles. The Morgan fingerprint density at radius 1 is 1.24 bits per heavy atom. The van der Waals surface area contributed by atoms with Gasteiger partial charge in [-0.2, -0.15) is 5.10 Å². The summed E-state index contributed by atoms with van der Waals surface area (Å²) in [7, 11) is -1.22. The SMILES string of the molecule is Cc1nn(C2CCN(C(=O)O)C(C(C)(C)C)C2)c(C)c1-c1cc2c(Cl)ncnc2n1COCC[Si](C)(C)C. The van der Waals surface area contributed by atoms with Gasteiger partial charge in [0, 0.05) is 38.5 Å². The number of rotatable bonds is 7. The fraction of sp³-hybridized carbons (Fsp3) is 0.630. The highest BCUT2D eigenvalue weighted by Gasteiger charge is 2.40. The molecule has 4 heterocycles. The molecule has 3 aromatic rings. The van der Waals surface area contributed by atoms with Gasteiger partial charge in [-0.05, 0) is 44.2 Å². The molecular formula is C27H41ClN6O3Si. The number of amides is 1. The summed E-state index contributed by atoms with van der Waals surface area (Å²) in [5, 5.41) is 16.0. The minimum atomic E-state index is -1.22. The lowest BCUT2D eigenvalue weighted by molar-refractivity contribution is 0.0404. The summed E-state index contributed by atoms with van der Waals surface area (Å²) in [5.74, 6) is 0. The summed E-state index contributed by atoms with van der Waals surface area (Å²) < 4.78 is 10.3. The average Bonchev–Trinajstić information content (AvgIpc) is 3.32. The van der Waals surface area contributed by atoms with E-state index >= 15 is 0 Å². The van der Waals surface area contributed by atoms with Crippen LogP contribution in [-0.2, 0) is 11.5 Å². The number of aryl methyl sites for hydroxylation is 1. The smallest absolute Gasteiger partial charge is 0.407 e. The number of carbonyl (C=O) groups is 1. The van der Waals surface area contributed by atoms with Gasteiger partial charge in [0.05, 0.1) is 22.8 Å². The first-order chi connectivity index (χ1) is 17.7. The summed E-state index contributed by atoms with van der Waals surface area (Å²) >= 11 is 6.48. The summed E-state index contributed by atoms with van der Waals surface area (Å²) in [4.78, 5) is 22.3. The first-order valence-electron chi connectivity index (χ1n) is 13.3.